The maximum atomic E-state index is 13.0. The highest BCUT2D eigenvalue weighted by atomic mass is 32.2. The summed E-state index contributed by atoms with van der Waals surface area (Å²) in [5.41, 5.74) is -0.147. The molecule has 0 N–H and O–H groups in total. The summed E-state index contributed by atoms with van der Waals surface area (Å²) in [4.78, 5) is 26.1. The zero-order chi connectivity index (χ0) is 21.5. The highest BCUT2D eigenvalue weighted by Crippen LogP contribution is 2.21. The van der Waals surface area contributed by atoms with Crippen LogP contribution in [0, 0.1) is 0 Å². The number of benzene rings is 2. The van der Waals surface area contributed by atoms with Crippen LogP contribution in [-0.4, -0.2) is 52.9 Å². The molecule has 4 rings (SSSR count). The highest BCUT2D eigenvalue weighted by Gasteiger charge is 2.31. The van der Waals surface area contributed by atoms with Crippen molar-refractivity contribution in [2.45, 2.75) is 11.4 Å². The van der Waals surface area contributed by atoms with E-state index in [4.69, 9.17) is 0 Å². The largest absolute Gasteiger partial charge is 0.330 e. The lowest BCUT2D eigenvalue weighted by Gasteiger charge is -2.34. The molecule has 1 saturated heterocycles. The molecule has 0 radical (unpaired) electrons. The maximum absolute atomic E-state index is 13.0. The van der Waals surface area contributed by atoms with Crippen LogP contribution >= 0.6 is 0 Å². The molecule has 8 nitrogen and oxygen atoms in total. The van der Waals surface area contributed by atoms with Crippen molar-refractivity contribution >= 4 is 20.8 Å². The van der Waals surface area contributed by atoms with Crippen molar-refractivity contribution in [3.63, 3.8) is 0 Å². The number of piperazine rings is 1. The molecule has 9 heteroatoms. The van der Waals surface area contributed by atoms with Gasteiger partial charge < -0.3 is 4.57 Å². The third-order valence-electron chi connectivity index (χ3n) is 5.64. The fourth-order valence-corrected chi connectivity index (χ4v) is 5.46. The Kier molecular flexibility index (Phi) is 5.35. The number of hydrogen-bond donors (Lipinski definition) is 0. The average molecular weight is 429 g/mol. The molecular formula is C21H24N4O4S. The molecule has 1 aliphatic heterocycles. The summed E-state index contributed by atoms with van der Waals surface area (Å²) in [7, 11) is -1.25. The van der Waals surface area contributed by atoms with Gasteiger partial charge in [0.15, 0.2) is 4.90 Å². The molecule has 1 aromatic heterocycles. The summed E-state index contributed by atoms with van der Waals surface area (Å²) in [6.07, 6.45) is 1.11. The number of aryl methyl sites for hydroxylation is 1. The van der Waals surface area contributed by atoms with Crippen molar-refractivity contribution in [3.05, 3.63) is 75.1 Å². The Morgan fingerprint density at radius 3 is 2.30 bits per heavy atom. The Labute approximate surface area is 174 Å². The standard InChI is InChI=1S/C21H24N4O4S/c1-22-15-19(20(26)23(2)21(22)27)30(28,29)25-12-10-24(11-13-25)14-17-8-5-7-16-6-3-4-9-18(16)17/h3-9,15H,10-14H2,1-2H3. The Balaban J connectivity index is 1.52. The molecule has 1 aliphatic rings. The number of rotatable bonds is 4. The molecule has 0 aliphatic carbocycles. The number of hydrogen-bond acceptors (Lipinski definition) is 5. The number of sulfonamides is 1. The van der Waals surface area contributed by atoms with Gasteiger partial charge in [0.2, 0.25) is 10.0 Å². The quantitative estimate of drug-likeness (QED) is 0.612. The second-order valence-corrected chi connectivity index (χ2v) is 9.48. The van der Waals surface area contributed by atoms with Gasteiger partial charge in [-0.05, 0) is 16.3 Å². The van der Waals surface area contributed by atoms with E-state index in [9.17, 15) is 18.0 Å². The maximum Gasteiger partial charge on any atom is 0.330 e. The highest BCUT2D eigenvalue weighted by molar-refractivity contribution is 7.89. The molecule has 30 heavy (non-hydrogen) atoms. The van der Waals surface area contributed by atoms with E-state index >= 15 is 0 Å². The van der Waals surface area contributed by atoms with Gasteiger partial charge in [0.25, 0.3) is 5.56 Å². The third kappa shape index (κ3) is 3.60. The van der Waals surface area contributed by atoms with Crippen LogP contribution in [0.5, 0.6) is 0 Å². The van der Waals surface area contributed by atoms with Crippen molar-refractivity contribution < 1.29 is 8.42 Å². The van der Waals surface area contributed by atoms with E-state index in [1.165, 1.54) is 34.7 Å². The van der Waals surface area contributed by atoms with Gasteiger partial charge in [-0.25, -0.2) is 13.2 Å². The lowest BCUT2D eigenvalue weighted by atomic mass is 10.0. The summed E-state index contributed by atoms with van der Waals surface area (Å²) < 4.78 is 29.4. The Morgan fingerprint density at radius 1 is 0.900 bits per heavy atom. The van der Waals surface area contributed by atoms with Crippen molar-refractivity contribution in [2.75, 3.05) is 26.2 Å². The summed E-state index contributed by atoms with van der Waals surface area (Å²) in [6.45, 7) is 2.44. The zero-order valence-electron chi connectivity index (χ0n) is 17.0. The first kappa shape index (κ1) is 20.5. The molecule has 0 atom stereocenters. The molecule has 0 spiro atoms. The topological polar surface area (TPSA) is 84.6 Å². The molecule has 1 fully saturated rings. The van der Waals surface area contributed by atoms with Crippen LogP contribution in [-0.2, 0) is 30.7 Å². The van der Waals surface area contributed by atoms with Crippen LogP contribution < -0.4 is 11.2 Å². The minimum Gasteiger partial charge on any atom is -0.302 e. The van der Waals surface area contributed by atoms with Crippen molar-refractivity contribution in [2.24, 2.45) is 14.1 Å². The van der Waals surface area contributed by atoms with E-state index in [1.807, 2.05) is 18.2 Å². The van der Waals surface area contributed by atoms with Crippen molar-refractivity contribution in [1.82, 2.24) is 18.3 Å². The Morgan fingerprint density at radius 2 is 1.57 bits per heavy atom. The fourth-order valence-electron chi connectivity index (χ4n) is 3.89. The summed E-state index contributed by atoms with van der Waals surface area (Å²) in [5, 5.41) is 2.38. The van der Waals surface area contributed by atoms with Crippen LogP contribution in [0.4, 0.5) is 0 Å². The Hall–Kier alpha value is -2.75. The predicted molar refractivity (Wildman–Crippen MR) is 115 cm³/mol. The fraction of sp³-hybridized carbons (Fsp3) is 0.333. The normalized spacial score (nSPS) is 16.2. The lowest BCUT2D eigenvalue weighted by molar-refractivity contribution is 0.182. The first-order valence-corrected chi connectivity index (χ1v) is 11.2. The van der Waals surface area contributed by atoms with Crippen molar-refractivity contribution in [3.8, 4) is 0 Å². The number of fused-ring (bicyclic) bond motifs is 1. The van der Waals surface area contributed by atoms with Crippen LogP contribution in [0.3, 0.4) is 0 Å². The van der Waals surface area contributed by atoms with E-state index in [2.05, 4.69) is 29.2 Å². The van der Waals surface area contributed by atoms with Crippen LogP contribution in [0.1, 0.15) is 5.56 Å². The van der Waals surface area contributed by atoms with Gasteiger partial charge >= 0.3 is 5.69 Å². The van der Waals surface area contributed by atoms with Gasteiger partial charge in [-0.15, -0.1) is 0 Å². The summed E-state index contributed by atoms with van der Waals surface area (Å²) in [5.74, 6) is 0. The smallest absolute Gasteiger partial charge is 0.302 e. The third-order valence-corrected chi connectivity index (χ3v) is 7.52. The predicted octanol–water partition coefficient (Wildman–Crippen LogP) is 0.744. The molecule has 3 aromatic rings. The van der Waals surface area contributed by atoms with Gasteiger partial charge in [0.05, 0.1) is 0 Å². The van der Waals surface area contributed by atoms with Gasteiger partial charge in [-0.2, -0.15) is 4.31 Å². The molecule has 0 unspecified atom stereocenters. The van der Waals surface area contributed by atoms with Gasteiger partial charge in [-0.1, -0.05) is 42.5 Å². The second kappa shape index (κ2) is 7.82. The van der Waals surface area contributed by atoms with E-state index in [0.29, 0.717) is 26.2 Å². The molecule has 0 amide bonds. The molecule has 158 valence electrons. The van der Waals surface area contributed by atoms with Gasteiger partial charge in [-0.3, -0.25) is 14.3 Å². The number of aromatic nitrogens is 2. The molecule has 2 heterocycles. The number of nitrogens with zero attached hydrogens (tertiary/aromatic N) is 4. The van der Waals surface area contributed by atoms with E-state index < -0.39 is 21.3 Å². The second-order valence-electron chi connectivity index (χ2n) is 7.57. The Bertz CT molecular complexity index is 1310. The molecule has 0 saturated carbocycles. The first-order valence-electron chi connectivity index (χ1n) is 9.75. The van der Waals surface area contributed by atoms with Crippen LogP contribution in [0.25, 0.3) is 10.8 Å². The molecular weight excluding hydrogens is 404 g/mol. The zero-order valence-corrected chi connectivity index (χ0v) is 17.8. The van der Waals surface area contributed by atoms with Crippen LogP contribution in [0.2, 0.25) is 0 Å². The lowest BCUT2D eigenvalue weighted by Crippen LogP contribution is -2.50. The minimum absolute atomic E-state index is 0.291. The van der Waals surface area contributed by atoms with Gasteiger partial charge in [0.1, 0.15) is 0 Å². The minimum atomic E-state index is -3.97. The monoisotopic (exact) mass is 428 g/mol. The van der Waals surface area contributed by atoms with E-state index in [1.54, 1.807) is 0 Å². The molecule has 0 bridgehead atoms. The van der Waals surface area contributed by atoms with E-state index in [-0.39, 0.29) is 4.90 Å². The molecule has 2 aromatic carbocycles. The van der Waals surface area contributed by atoms with Crippen LogP contribution in [0.15, 0.2) is 63.1 Å². The van der Waals surface area contributed by atoms with Gasteiger partial charge in [0, 0.05) is 53.0 Å². The summed E-state index contributed by atoms with van der Waals surface area (Å²) >= 11 is 0. The van der Waals surface area contributed by atoms with E-state index in [0.717, 1.165) is 21.9 Å². The average Bonchev–Trinajstić information content (AvgIpc) is 2.75. The SMILES string of the molecule is Cn1cc(S(=O)(=O)N2CCN(Cc3cccc4ccccc34)CC2)c(=O)n(C)c1=O. The summed E-state index contributed by atoms with van der Waals surface area (Å²) in [6, 6.07) is 14.4. The first-order chi connectivity index (χ1) is 14.3. The van der Waals surface area contributed by atoms with Crippen molar-refractivity contribution in [1.29, 1.82) is 0 Å².